The topological polar surface area (TPSA) is 122 Å². The number of hydrogen-bond acceptors (Lipinski definition) is 6. The number of imidazole rings is 1. The van der Waals surface area contributed by atoms with E-state index >= 15 is 0 Å². The van der Waals surface area contributed by atoms with Crippen LogP contribution in [0.3, 0.4) is 0 Å². The number of amides is 1. The molecule has 0 atom stereocenters. The lowest BCUT2D eigenvalue weighted by molar-refractivity contribution is 0.0636. The Labute approximate surface area is 165 Å². The standard InChI is InChI=1S/C20H19N5O4/c1-20(2,3)29-19(27)23-13-8-9-14(12-7-5-4-6-11(12)13)28-17-15-16(21-10-22-17)25-18(26)24-15/h4-10H,1-3H3,(H,23,27)(H2,21,22,24,25,26). The predicted octanol–water partition coefficient (Wildman–Crippen LogP) is 3.94. The Bertz CT molecular complexity index is 1270. The monoisotopic (exact) mass is 393 g/mol. The average molecular weight is 393 g/mol. The van der Waals surface area contributed by atoms with Crippen molar-refractivity contribution < 1.29 is 14.3 Å². The summed E-state index contributed by atoms with van der Waals surface area (Å²) in [5.41, 5.74) is 0.316. The van der Waals surface area contributed by atoms with Crippen LogP contribution in [0, 0.1) is 0 Å². The van der Waals surface area contributed by atoms with Crippen molar-refractivity contribution in [2.75, 3.05) is 5.32 Å². The summed E-state index contributed by atoms with van der Waals surface area (Å²) in [6, 6.07) is 10.9. The van der Waals surface area contributed by atoms with Gasteiger partial charge in [-0.25, -0.2) is 14.6 Å². The number of ether oxygens (including phenoxy) is 2. The third kappa shape index (κ3) is 3.88. The van der Waals surface area contributed by atoms with Crippen molar-refractivity contribution in [1.29, 1.82) is 0 Å². The number of nitrogens with zero attached hydrogens (tertiary/aromatic N) is 2. The van der Waals surface area contributed by atoms with E-state index in [-0.39, 0.29) is 5.88 Å². The lowest BCUT2D eigenvalue weighted by Crippen LogP contribution is -2.27. The van der Waals surface area contributed by atoms with Crippen molar-refractivity contribution in [2.24, 2.45) is 0 Å². The number of rotatable bonds is 3. The molecular formula is C20H19N5O4. The Balaban J connectivity index is 1.71. The van der Waals surface area contributed by atoms with Crippen LogP contribution in [0.5, 0.6) is 11.6 Å². The molecule has 0 fully saturated rings. The fourth-order valence-corrected chi connectivity index (χ4v) is 2.89. The molecule has 0 unspecified atom stereocenters. The number of carbonyl (C=O) groups excluding carboxylic acids is 1. The molecule has 0 aliphatic heterocycles. The third-order valence-electron chi connectivity index (χ3n) is 4.01. The number of aromatic amines is 2. The van der Waals surface area contributed by atoms with Crippen molar-refractivity contribution in [2.45, 2.75) is 26.4 Å². The van der Waals surface area contributed by atoms with Gasteiger partial charge in [0.15, 0.2) is 5.65 Å². The molecular weight excluding hydrogens is 374 g/mol. The number of benzene rings is 2. The van der Waals surface area contributed by atoms with E-state index in [0.717, 1.165) is 10.8 Å². The second-order valence-electron chi connectivity index (χ2n) is 7.37. The van der Waals surface area contributed by atoms with E-state index < -0.39 is 17.4 Å². The van der Waals surface area contributed by atoms with Crippen LogP contribution in [-0.4, -0.2) is 31.6 Å². The Morgan fingerprint density at radius 3 is 2.55 bits per heavy atom. The van der Waals surface area contributed by atoms with Crippen molar-refractivity contribution >= 4 is 33.7 Å². The van der Waals surface area contributed by atoms with Crippen LogP contribution in [0.25, 0.3) is 21.9 Å². The highest BCUT2D eigenvalue weighted by molar-refractivity contribution is 6.03. The molecule has 4 rings (SSSR count). The Morgan fingerprint density at radius 1 is 1.03 bits per heavy atom. The normalized spacial score (nSPS) is 11.6. The molecule has 2 aromatic carbocycles. The number of H-pyrrole nitrogens is 2. The van der Waals surface area contributed by atoms with Gasteiger partial charge in [0.25, 0.3) is 0 Å². The van der Waals surface area contributed by atoms with Crippen LogP contribution in [0.15, 0.2) is 47.5 Å². The average Bonchev–Trinajstić information content (AvgIpc) is 3.03. The zero-order valence-corrected chi connectivity index (χ0v) is 16.1. The van der Waals surface area contributed by atoms with Gasteiger partial charge in [0.05, 0.1) is 5.69 Å². The second kappa shape index (κ2) is 6.93. The molecule has 1 amide bonds. The first-order chi connectivity index (χ1) is 13.8. The molecule has 9 heteroatoms. The van der Waals surface area contributed by atoms with Crippen LogP contribution in [-0.2, 0) is 4.74 Å². The van der Waals surface area contributed by atoms with Gasteiger partial charge in [-0.05, 0) is 32.9 Å². The summed E-state index contributed by atoms with van der Waals surface area (Å²) in [4.78, 5) is 37.1. The highest BCUT2D eigenvalue weighted by Gasteiger charge is 2.18. The molecule has 3 N–H and O–H groups in total. The van der Waals surface area contributed by atoms with Crippen molar-refractivity contribution in [3.63, 3.8) is 0 Å². The first-order valence-corrected chi connectivity index (χ1v) is 8.93. The number of hydrogen-bond donors (Lipinski definition) is 3. The van der Waals surface area contributed by atoms with E-state index in [1.54, 1.807) is 32.9 Å². The van der Waals surface area contributed by atoms with Crippen LogP contribution in [0.4, 0.5) is 10.5 Å². The second-order valence-corrected chi connectivity index (χ2v) is 7.37. The van der Waals surface area contributed by atoms with Crippen molar-refractivity contribution in [3.8, 4) is 11.6 Å². The molecule has 29 heavy (non-hydrogen) atoms. The lowest BCUT2D eigenvalue weighted by Gasteiger charge is -2.20. The van der Waals surface area contributed by atoms with Gasteiger partial charge in [0.1, 0.15) is 23.2 Å². The van der Waals surface area contributed by atoms with Crippen LogP contribution in [0.2, 0.25) is 0 Å². The van der Waals surface area contributed by atoms with Gasteiger partial charge in [-0.1, -0.05) is 24.3 Å². The molecule has 9 nitrogen and oxygen atoms in total. The van der Waals surface area contributed by atoms with Crippen LogP contribution < -0.4 is 15.7 Å². The zero-order valence-electron chi connectivity index (χ0n) is 16.1. The number of aromatic nitrogens is 4. The first-order valence-electron chi connectivity index (χ1n) is 8.93. The van der Waals surface area contributed by atoms with Crippen molar-refractivity contribution in [3.05, 3.63) is 53.2 Å². The Morgan fingerprint density at radius 2 is 1.79 bits per heavy atom. The van der Waals surface area contributed by atoms with Gasteiger partial charge in [-0.3, -0.25) is 15.3 Å². The predicted molar refractivity (Wildman–Crippen MR) is 108 cm³/mol. The quantitative estimate of drug-likeness (QED) is 0.485. The minimum absolute atomic E-state index is 0.214. The number of nitrogens with one attached hydrogen (secondary N) is 3. The summed E-state index contributed by atoms with van der Waals surface area (Å²) in [6.45, 7) is 5.40. The Kier molecular flexibility index (Phi) is 4.42. The van der Waals surface area contributed by atoms with E-state index in [1.807, 2.05) is 24.3 Å². The molecule has 0 bridgehead atoms. The maximum absolute atomic E-state index is 12.2. The SMILES string of the molecule is CC(C)(C)OC(=O)Nc1ccc(Oc2ncnc3[nH]c(=O)[nH]c23)c2ccccc12. The smallest absolute Gasteiger partial charge is 0.412 e. The van der Waals surface area contributed by atoms with Gasteiger partial charge in [0.2, 0.25) is 5.88 Å². The lowest BCUT2D eigenvalue weighted by atomic mass is 10.1. The van der Waals surface area contributed by atoms with E-state index in [1.165, 1.54) is 6.33 Å². The van der Waals surface area contributed by atoms with Gasteiger partial charge in [0, 0.05) is 10.8 Å². The van der Waals surface area contributed by atoms with E-state index in [4.69, 9.17) is 9.47 Å². The molecule has 0 saturated heterocycles. The molecule has 2 heterocycles. The molecule has 4 aromatic rings. The molecule has 2 aromatic heterocycles. The van der Waals surface area contributed by atoms with Crippen molar-refractivity contribution in [1.82, 2.24) is 19.9 Å². The molecule has 148 valence electrons. The fourth-order valence-electron chi connectivity index (χ4n) is 2.89. The van der Waals surface area contributed by atoms with Crippen LogP contribution >= 0.6 is 0 Å². The van der Waals surface area contributed by atoms with Crippen LogP contribution in [0.1, 0.15) is 20.8 Å². The highest BCUT2D eigenvalue weighted by Crippen LogP contribution is 2.35. The number of fused-ring (bicyclic) bond motifs is 2. The molecule has 0 saturated carbocycles. The number of carbonyl (C=O) groups is 1. The summed E-state index contributed by atoms with van der Waals surface area (Å²) < 4.78 is 11.3. The zero-order chi connectivity index (χ0) is 20.6. The summed E-state index contributed by atoms with van der Waals surface area (Å²) >= 11 is 0. The van der Waals surface area contributed by atoms with E-state index in [9.17, 15) is 9.59 Å². The molecule has 0 aliphatic rings. The minimum atomic E-state index is -0.602. The molecule has 0 spiro atoms. The summed E-state index contributed by atoms with van der Waals surface area (Å²) in [5, 5.41) is 4.29. The molecule has 0 radical (unpaired) electrons. The maximum atomic E-state index is 12.2. The van der Waals surface area contributed by atoms with E-state index in [2.05, 4.69) is 25.3 Å². The largest absolute Gasteiger partial charge is 0.444 e. The summed E-state index contributed by atoms with van der Waals surface area (Å²) in [6.07, 6.45) is 0.765. The van der Waals surface area contributed by atoms with Gasteiger partial charge >= 0.3 is 11.8 Å². The first kappa shape index (κ1) is 18.5. The number of anilines is 1. The third-order valence-corrected chi connectivity index (χ3v) is 4.01. The van der Waals surface area contributed by atoms with Gasteiger partial charge in [-0.15, -0.1) is 0 Å². The maximum Gasteiger partial charge on any atom is 0.412 e. The van der Waals surface area contributed by atoms with E-state index in [0.29, 0.717) is 22.6 Å². The Hall–Kier alpha value is -3.88. The summed E-state index contributed by atoms with van der Waals surface area (Å²) in [5.74, 6) is 0.726. The minimum Gasteiger partial charge on any atom is -0.444 e. The van der Waals surface area contributed by atoms with Gasteiger partial charge < -0.3 is 9.47 Å². The highest BCUT2D eigenvalue weighted by atomic mass is 16.6. The van der Waals surface area contributed by atoms with Gasteiger partial charge in [-0.2, -0.15) is 4.98 Å². The molecule has 0 aliphatic carbocycles. The summed E-state index contributed by atoms with van der Waals surface area (Å²) in [7, 11) is 0. The fraction of sp³-hybridized carbons (Fsp3) is 0.200.